The first-order valence-electron chi connectivity index (χ1n) is 5.98. The average Bonchev–Trinajstić information content (AvgIpc) is 2.40. The van der Waals surface area contributed by atoms with Crippen LogP contribution in [0.3, 0.4) is 0 Å². The van der Waals surface area contributed by atoms with Crippen molar-refractivity contribution in [1.29, 1.82) is 0 Å². The minimum absolute atomic E-state index is 0.0635. The molecule has 1 amide bonds. The third-order valence-electron chi connectivity index (χ3n) is 3.28. The molecular formula is C13H14BrClN2O2. The van der Waals surface area contributed by atoms with E-state index in [4.69, 9.17) is 16.8 Å². The fourth-order valence-corrected chi connectivity index (χ4v) is 2.75. The normalized spacial score (nSPS) is 21.7. The molecule has 4 nitrogen and oxygen atoms in total. The van der Waals surface area contributed by atoms with Crippen LogP contribution in [0.2, 0.25) is 5.02 Å². The number of rotatable bonds is 1. The average molecular weight is 346 g/mol. The second kappa shape index (κ2) is 5.92. The van der Waals surface area contributed by atoms with Gasteiger partial charge in [-0.25, -0.2) is 0 Å². The van der Waals surface area contributed by atoms with Crippen molar-refractivity contribution in [2.75, 3.05) is 13.1 Å². The molecule has 0 bridgehead atoms. The highest BCUT2D eigenvalue weighted by Gasteiger charge is 2.27. The maximum Gasteiger partial charge on any atom is 0.255 e. The molecule has 2 rings (SSSR count). The molecule has 1 saturated heterocycles. The van der Waals surface area contributed by atoms with Crippen molar-refractivity contribution in [3.05, 3.63) is 33.3 Å². The summed E-state index contributed by atoms with van der Waals surface area (Å²) in [5, 5.41) is 12.6. The van der Waals surface area contributed by atoms with Gasteiger partial charge in [-0.3, -0.25) is 4.79 Å². The molecule has 0 saturated carbocycles. The number of hydrogen-bond acceptors (Lipinski definition) is 3. The predicted octanol–water partition coefficient (Wildman–Crippen LogP) is 3.41. The first-order valence-corrected chi connectivity index (χ1v) is 7.15. The third-order valence-corrected chi connectivity index (χ3v) is 4.10. The molecule has 1 aromatic carbocycles. The van der Waals surface area contributed by atoms with E-state index in [2.05, 4.69) is 21.1 Å². The quantitative estimate of drug-likeness (QED) is 0.626. The smallest absolute Gasteiger partial charge is 0.255 e. The lowest BCUT2D eigenvalue weighted by molar-refractivity contribution is 0.0734. The molecule has 1 unspecified atom stereocenters. The Morgan fingerprint density at radius 2 is 2.32 bits per heavy atom. The molecule has 1 aliphatic heterocycles. The summed E-state index contributed by atoms with van der Waals surface area (Å²) in [4.78, 5) is 14.2. The van der Waals surface area contributed by atoms with E-state index in [-0.39, 0.29) is 11.8 Å². The monoisotopic (exact) mass is 344 g/mol. The van der Waals surface area contributed by atoms with Gasteiger partial charge in [-0.05, 0) is 18.2 Å². The van der Waals surface area contributed by atoms with Crippen molar-refractivity contribution in [3.8, 4) is 0 Å². The van der Waals surface area contributed by atoms with E-state index in [0.29, 0.717) is 30.1 Å². The lowest BCUT2D eigenvalue weighted by Crippen LogP contribution is -2.43. The number of carbonyl (C=O) groups is 1. The van der Waals surface area contributed by atoms with E-state index in [9.17, 15) is 4.79 Å². The Labute approximate surface area is 125 Å². The minimum Gasteiger partial charge on any atom is -0.411 e. The molecule has 1 fully saturated rings. The minimum atomic E-state index is -0.0878. The maximum atomic E-state index is 12.4. The van der Waals surface area contributed by atoms with Crippen LogP contribution in [-0.4, -0.2) is 34.8 Å². The number of hydrogen-bond donors (Lipinski definition) is 1. The molecule has 1 atom stereocenters. The summed E-state index contributed by atoms with van der Waals surface area (Å²) >= 11 is 9.41. The van der Waals surface area contributed by atoms with Crippen LogP contribution in [0.25, 0.3) is 0 Å². The predicted molar refractivity (Wildman–Crippen MR) is 78.1 cm³/mol. The van der Waals surface area contributed by atoms with Gasteiger partial charge in [0.25, 0.3) is 5.91 Å². The Hall–Kier alpha value is -1.07. The van der Waals surface area contributed by atoms with Gasteiger partial charge >= 0.3 is 0 Å². The molecule has 102 valence electrons. The summed E-state index contributed by atoms with van der Waals surface area (Å²) in [6, 6.07) is 5.23. The van der Waals surface area contributed by atoms with Crippen LogP contribution in [0.5, 0.6) is 0 Å². The highest BCUT2D eigenvalue weighted by atomic mass is 79.9. The van der Waals surface area contributed by atoms with Crippen molar-refractivity contribution in [3.63, 3.8) is 0 Å². The lowest BCUT2D eigenvalue weighted by Gasteiger charge is -2.31. The molecule has 0 aliphatic carbocycles. The molecule has 0 aromatic heterocycles. The second-order valence-corrected chi connectivity index (χ2v) is 5.94. The van der Waals surface area contributed by atoms with Crippen LogP contribution in [0, 0.1) is 5.92 Å². The summed E-state index contributed by atoms with van der Waals surface area (Å²) in [6.07, 6.45) is 0.592. The molecule has 1 aromatic rings. The van der Waals surface area contributed by atoms with Crippen LogP contribution in [0.4, 0.5) is 0 Å². The SMILES string of the molecule is CC1CN(C(=O)c2cc(Br)ccc2Cl)CC/C1=N\O. The van der Waals surface area contributed by atoms with E-state index in [0.717, 1.165) is 10.2 Å². The van der Waals surface area contributed by atoms with Crippen LogP contribution in [0.15, 0.2) is 27.8 Å². The number of carbonyl (C=O) groups excluding carboxylic acids is 1. The van der Waals surface area contributed by atoms with Gasteiger partial charge in [-0.15, -0.1) is 0 Å². The van der Waals surface area contributed by atoms with Crippen molar-refractivity contribution in [1.82, 2.24) is 4.90 Å². The van der Waals surface area contributed by atoms with E-state index in [1.807, 2.05) is 6.92 Å². The fourth-order valence-electron chi connectivity index (χ4n) is 2.19. The van der Waals surface area contributed by atoms with Crippen LogP contribution >= 0.6 is 27.5 Å². The highest BCUT2D eigenvalue weighted by molar-refractivity contribution is 9.10. The summed E-state index contributed by atoms with van der Waals surface area (Å²) in [5.41, 5.74) is 1.23. The maximum absolute atomic E-state index is 12.4. The van der Waals surface area contributed by atoms with E-state index >= 15 is 0 Å². The molecule has 0 radical (unpaired) electrons. The Balaban J connectivity index is 2.19. The Morgan fingerprint density at radius 1 is 1.58 bits per heavy atom. The van der Waals surface area contributed by atoms with Gasteiger partial charge in [0.2, 0.25) is 0 Å². The van der Waals surface area contributed by atoms with Crippen molar-refractivity contribution in [2.45, 2.75) is 13.3 Å². The Morgan fingerprint density at radius 3 is 2.95 bits per heavy atom. The van der Waals surface area contributed by atoms with Gasteiger partial charge in [-0.1, -0.05) is 39.6 Å². The van der Waals surface area contributed by atoms with Crippen LogP contribution in [0.1, 0.15) is 23.7 Å². The summed E-state index contributed by atoms with van der Waals surface area (Å²) < 4.78 is 0.822. The Kier molecular flexibility index (Phi) is 4.47. The Bertz CT molecular complexity index is 533. The van der Waals surface area contributed by atoms with Crippen molar-refractivity contribution in [2.24, 2.45) is 11.1 Å². The molecule has 1 aliphatic rings. The molecule has 19 heavy (non-hydrogen) atoms. The number of nitrogens with zero attached hydrogens (tertiary/aromatic N) is 2. The number of benzene rings is 1. The van der Waals surface area contributed by atoms with Crippen LogP contribution in [-0.2, 0) is 0 Å². The molecule has 1 heterocycles. The summed E-state index contributed by atoms with van der Waals surface area (Å²) in [6.45, 7) is 3.03. The van der Waals surface area contributed by atoms with Gasteiger partial charge in [-0.2, -0.15) is 0 Å². The standard InChI is InChI=1S/C13H14BrClN2O2/c1-8-7-17(5-4-12(8)16-19)13(18)10-6-9(14)2-3-11(10)15/h2-3,6,8,19H,4-5,7H2,1H3/b16-12+. The third kappa shape index (κ3) is 3.09. The molecule has 0 spiro atoms. The van der Waals surface area contributed by atoms with Gasteiger partial charge in [0, 0.05) is 29.9 Å². The first-order chi connectivity index (χ1) is 9.02. The number of amides is 1. The number of oxime groups is 1. The fraction of sp³-hybridized carbons (Fsp3) is 0.385. The topological polar surface area (TPSA) is 52.9 Å². The van der Waals surface area contributed by atoms with E-state index in [1.54, 1.807) is 23.1 Å². The van der Waals surface area contributed by atoms with Crippen LogP contribution < -0.4 is 0 Å². The zero-order chi connectivity index (χ0) is 14.0. The van der Waals surface area contributed by atoms with Crippen molar-refractivity contribution >= 4 is 39.1 Å². The van der Waals surface area contributed by atoms with Gasteiger partial charge in [0.05, 0.1) is 16.3 Å². The van der Waals surface area contributed by atoms with Gasteiger partial charge in [0.1, 0.15) is 0 Å². The molecule has 6 heteroatoms. The van der Waals surface area contributed by atoms with Gasteiger partial charge in [0.15, 0.2) is 0 Å². The van der Waals surface area contributed by atoms with E-state index in [1.165, 1.54) is 0 Å². The largest absolute Gasteiger partial charge is 0.411 e. The van der Waals surface area contributed by atoms with E-state index < -0.39 is 0 Å². The summed E-state index contributed by atoms with van der Waals surface area (Å²) in [5.74, 6) is -0.0243. The summed E-state index contributed by atoms with van der Waals surface area (Å²) in [7, 11) is 0. The molecular weight excluding hydrogens is 332 g/mol. The number of likely N-dealkylation sites (tertiary alicyclic amines) is 1. The zero-order valence-corrected chi connectivity index (χ0v) is 12.8. The van der Waals surface area contributed by atoms with Gasteiger partial charge < -0.3 is 10.1 Å². The molecule has 1 N–H and O–H groups in total. The zero-order valence-electron chi connectivity index (χ0n) is 10.4. The van der Waals surface area contributed by atoms with Crippen molar-refractivity contribution < 1.29 is 10.0 Å². The second-order valence-electron chi connectivity index (χ2n) is 4.62. The lowest BCUT2D eigenvalue weighted by atomic mass is 9.97. The number of halogens is 2. The number of piperidine rings is 1. The highest BCUT2D eigenvalue weighted by Crippen LogP contribution is 2.24. The first kappa shape index (κ1) is 14.3.